The highest BCUT2D eigenvalue weighted by Crippen LogP contribution is 2.24. The molecule has 0 saturated carbocycles. The number of hydrogen-bond acceptors (Lipinski definition) is 4. The molecule has 1 saturated heterocycles. The molecule has 0 amide bonds. The lowest BCUT2D eigenvalue weighted by atomic mass is 10.0. The van der Waals surface area contributed by atoms with Crippen LogP contribution in [-0.2, 0) is 6.54 Å². The van der Waals surface area contributed by atoms with E-state index in [1.165, 1.54) is 6.07 Å². The molecule has 0 aromatic heterocycles. The molecular weight excluding hydrogens is 498 g/mol. The Labute approximate surface area is 194 Å². The summed E-state index contributed by atoms with van der Waals surface area (Å²) >= 11 is 0. The number of phenolic OH excluding ortho intramolecular Hbond substituents is 1. The van der Waals surface area contributed by atoms with E-state index in [1.54, 1.807) is 37.4 Å². The van der Waals surface area contributed by atoms with E-state index in [1.807, 2.05) is 13.0 Å². The van der Waals surface area contributed by atoms with Gasteiger partial charge in [0.25, 0.3) is 0 Å². The summed E-state index contributed by atoms with van der Waals surface area (Å²) < 4.78 is 18.8. The Balaban J connectivity index is 0.00000320. The van der Waals surface area contributed by atoms with Gasteiger partial charge in [-0.1, -0.05) is 6.07 Å². The summed E-state index contributed by atoms with van der Waals surface area (Å²) in [5, 5.41) is 16.8. The van der Waals surface area contributed by atoms with Gasteiger partial charge >= 0.3 is 0 Å². The third kappa shape index (κ3) is 6.65. The Bertz CT molecular complexity index is 850. The highest BCUT2D eigenvalue weighted by Gasteiger charge is 2.21. The van der Waals surface area contributed by atoms with Crippen molar-refractivity contribution in [3.8, 4) is 11.5 Å². The summed E-state index contributed by atoms with van der Waals surface area (Å²) in [6.07, 6.45) is 2.03. The number of rotatable bonds is 6. The van der Waals surface area contributed by atoms with Gasteiger partial charge in [-0.3, -0.25) is 0 Å². The van der Waals surface area contributed by atoms with Gasteiger partial charge in [0.15, 0.2) is 5.96 Å². The molecule has 0 aliphatic carbocycles. The van der Waals surface area contributed by atoms with Crippen LogP contribution < -0.4 is 20.3 Å². The quantitative estimate of drug-likeness (QED) is 0.302. The monoisotopic (exact) mass is 528 g/mol. The zero-order chi connectivity index (χ0) is 20.6. The molecule has 0 bridgehead atoms. The van der Waals surface area contributed by atoms with E-state index in [-0.39, 0.29) is 41.6 Å². The lowest BCUT2D eigenvalue weighted by Crippen LogP contribution is -2.51. The second-order valence-corrected chi connectivity index (χ2v) is 7.10. The van der Waals surface area contributed by atoms with Gasteiger partial charge in [0, 0.05) is 36.9 Å². The smallest absolute Gasteiger partial charge is 0.191 e. The molecule has 3 rings (SSSR count). The first-order valence-electron chi connectivity index (χ1n) is 10.00. The molecule has 30 heavy (non-hydrogen) atoms. The molecule has 6 nitrogen and oxygen atoms in total. The maximum Gasteiger partial charge on any atom is 0.191 e. The summed E-state index contributed by atoms with van der Waals surface area (Å²) in [6, 6.07) is 12.0. The first kappa shape index (κ1) is 24.0. The lowest BCUT2D eigenvalue weighted by Gasteiger charge is -2.35. The van der Waals surface area contributed by atoms with Gasteiger partial charge in [-0.15, -0.1) is 24.0 Å². The number of ether oxygens (including phenoxy) is 1. The third-order valence-electron chi connectivity index (χ3n) is 4.97. The van der Waals surface area contributed by atoms with Crippen molar-refractivity contribution in [2.75, 3.05) is 31.6 Å². The Kier molecular flexibility index (Phi) is 9.48. The predicted molar refractivity (Wildman–Crippen MR) is 130 cm³/mol. The SMILES string of the molecule is CCNC(=NCc1cc(OC)ccc1O)NC1CCCN(c2cccc(F)c2)C1.I. The normalized spacial score (nSPS) is 16.6. The number of hydrogen-bond donors (Lipinski definition) is 3. The highest BCUT2D eigenvalue weighted by molar-refractivity contribution is 14.0. The minimum absolute atomic E-state index is 0. The number of nitrogens with zero attached hydrogens (tertiary/aromatic N) is 2. The topological polar surface area (TPSA) is 69.1 Å². The molecule has 1 heterocycles. The summed E-state index contributed by atoms with van der Waals surface area (Å²) in [5.41, 5.74) is 1.60. The first-order chi connectivity index (χ1) is 14.1. The minimum atomic E-state index is -0.217. The van der Waals surface area contributed by atoms with E-state index in [2.05, 4.69) is 20.5 Å². The van der Waals surface area contributed by atoms with Crippen molar-refractivity contribution in [1.29, 1.82) is 0 Å². The molecule has 0 spiro atoms. The van der Waals surface area contributed by atoms with E-state index in [0.717, 1.165) is 38.2 Å². The van der Waals surface area contributed by atoms with Crippen LogP contribution in [0.2, 0.25) is 0 Å². The van der Waals surface area contributed by atoms with Crippen molar-refractivity contribution in [3.63, 3.8) is 0 Å². The van der Waals surface area contributed by atoms with Gasteiger partial charge in [-0.05, 0) is 56.2 Å². The van der Waals surface area contributed by atoms with Gasteiger partial charge in [0.05, 0.1) is 13.7 Å². The molecule has 1 atom stereocenters. The standard InChI is InChI=1S/C22H29FN4O2.HI/c1-3-24-22(25-14-16-12-20(29-2)9-10-21(16)28)26-18-7-5-11-27(15-18)19-8-4-6-17(23)13-19;/h4,6,8-10,12-13,18,28H,3,5,7,11,14-15H2,1-2H3,(H2,24,25,26);1H. The van der Waals surface area contributed by atoms with Crippen LogP contribution in [0.1, 0.15) is 25.3 Å². The molecule has 0 radical (unpaired) electrons. The first-order valence-corrected chi connectivity index (χ1v) is 10.00. The van der Waals surface area contributed by atoms with E-state index < -0.39 is 0 Å². The van der Waals surface area contributed by atoms with E-state index in [0.29, 0.717) is 23.8 Å². The second-order valence-electron chi connectivity index (χ2n) is 7.10. The number of guanidine groups is 1. The van der Waals surface area contributed by atoms with Crippen molar-refractivity contribution in [1.82, 2.24) is 10.6 Å². The molecule has 2 aromatic carbocycles. The Morgan fingerprint density at radius 3 is 2.87 bits per heavy atom. The highest BCUT2D eigenvalue weighted by atomic mass is 127. The molecule has 1 fully saturated rings. The fourth-order valence-electron chi connectivity index (χ4n) is 3.50. The summed E-state index contributed by atoms with van der Waals surface area (Å²) in [4.78, 5) is 6.82. The molecule has 8 heteroatoms. The van der Waals surface area contributed by atoms with Crippen molar-refractivity contribution in [3.05, 3.63) is 53.8 Å². The number of halogens is 2. The van der Waals surface area contributed by atoms with E-state index in [4.69, 9.17) is 4.74 Å². The van der Waals surface area contributed by atoms with Crippen LogP contribution in [0.4, 0.5) is 10.1 Å². The predicted octanol–water partition coefficient (Wildman–Crippen LogP) is 3.88. The Hall–Kier alpha value is -2.23. The summed E-state index contributed by atoms with van der Waals surface area (Å²) in [6.45, 7) is 4.76. The molecule has 3 N–H and O–H groups in total. The molecular formula is C22H30FIN4O2. The number of methoxy groups -OCH3 is 1. The maximum absolute atomic E-state index is 13.6. The fraction of sp³-hybridized carbons (Fsp3) is 0.409. The van der Waals surface area contributed by atoms with E-state index >= 15 is 0 Å². The summed E-state index contributed by atoms with van der Waals surface area (Å²) in [7, 11) is 1.60. The van der Waals surface area contributed by atoms with Gasteiger partial charge in [-0.25, -0.2) is 9.38 Å². The number of benzene rings is 2. The second kappa shape index (κ2) is 11.8. The molecule has 164 valence electrons. The third-order valence-corrected chi connectivity index (χ3v) is 4.97. The number of piperidine rings is 1. The van der Waals surface area contributed by atoms with Crippen LogP contribution in [0.5, 0.6) is 11.5 Å². The fourth-order valence-corrected chi connectivity index (χ4v) is 3.50. The largest absolute Gasteiger partial charge is 0.508 e. The van der Waals surface area contributed by atoms with Gasteiger partial charge < -0.3 is 25.4 Å². The van der Waals surface area contributed by atoms with Crippen LogP contribution in [0, 0.1) is 5.82 Å². The number of aromatic hydroxyl groups is 1. The average molecular weight is 528 g/mol. The van der Waals surface area contributed by atoms with Gasteiger partial charge in [-0.2, -0.15) is 0 Å². The van der Waals surface area contributed by atoms with Crippen molar-refractivity contribution < 1.29 is 14.2 Å². The lowest BCUT2D eigenvalue weighted by molar-refractivity contribution is 0.411. The van der Waals surface area contributed by atoms with Crippen LogP contribution in [0.3, 0.4) is 0 Å². The Morgan fingerprint density at radius 2 is 2.13 bits per heavy atom. The maximum atomic E-state index is 13.6. The number of nitrogens with one attached hydrogen (secondary N) is 2. The van der Waals surface area contributed by atoms with Crippen LogP contribution in [0.25, 0.3) is 0 Å². The number of anilines is 1. The van der Waals surface area contributed by atoms with Crippen LogP contribution in [0.15, 0.2) is 47.5 Å². The molecule has 2 aromatic rings. The zero-order valence-electron chi connectivity index (χ0n) is 17.4. The summed E-state index contributed by atoms with van der Waals surface area (Å²) in [5.74, 6) is 1.36. The number of aliphatic imine (C=N–C) groups is 1. The number of phenols is 1. The van der Waals surface area contributed by atoms with Gasteiger partial charge in [0.1, 0.15) is 17.3 Å². The van der Waals surface area contributed by atoms with Crippen molar-refractivity contribution in [2.24, 2.45) is 4.99 Å². The van der Waals surface area contributed by atoms with Crippen LogP contribution >= 0.6 is 24.0 Å². The van der Waals surface area contributed by atoms with Crippen LogP contribution in [-0.4, -0.2) is 43.9 Å². The van der Waals surface area contributed by atoms with Crippen molar-refractivity contribution in [2.45, 2.75) is 32.4 Å². The average Bonchev–Trinajstić information content (AvgIpc) is 2.73. The molecule has 1 aliphatic rings. The van der Waals surface area contributed by atoms with Gasteiger partial charge in [0.2, 0.25) is 0 Å². The Morgan fingerprint density at radius 1 is 1.30 bits per heavy atom. The zero-order valence-corrected chi connectivity index (χ0v) is 19.7. The molecule has 1 unspecified atom stereocenters. The van der Waals surface area contributed by atoms with E-state index in [9.17, 15) is 9.50 Å². The minimum Gasteiger partial charge on any atom is -0.508 e. The molecule has 1 aliphatic heterocycles. The van der Waals surface area contributed by atoms with Crippen molar-refractivity contribution >= 4 is 35.6 Å².